The normalized spacial score (nSPS) is 15.8. The molecular weight excluding hydrogens is 422 g/mol. The number of benzene rings is 2. The quantitative estimate of drug-likeness (QED) is 0.503. The second-order valence-electron chi connectivity index (χ2n) is 8.17. The number of nitrogens with zero attached hydrogens (tertiary/aromatic N) is 4. The lowest BCUT2D eigenvalue weighted by molar-refractivity contribution is 0.0497. The van der Waals surface area contributed by atoms with E-state index in [1.807, 2.05) is 6.07 Å². The van der Waals surface area contributed by atoms with E-state index in [2.05, 4.69) is 15.1 Å². The number of hydrogen-bond acceptors (Lipinski definition) is 6. The van der Waals surface area contributed by atoms with Crippen molar-refractivity contribution in [1.82, 2.24) is 24.6 Å². The van der Waals surface area contributed by atoms with Crippen LogP contribution in [0.5, 0.6) is 0 Å². The van der Waals surface area contributed by atoms with Crippen LogP contribution in [-0.4, -0.2) is 49.8 Å². The summed E-state index contributed by atoms with van der Waals surface area (Å²) in [4.78, 5) is 47.7. The number of aryl methyl sites for hydroxylation is 1. The van der Waals surface area contributed by atoms with Crippen LogP contribution in [0.1, 0.15) is 29.2 Å². The number of H-pyrrole nitrogens is 1. The number of aromatic nitrogens is 4. The van der Waals surface area contributed by atoms with E-state index in [1.165, 1.54) is 11.7 Å². The van der Waals surface area contributed by atoms with E-state index in [-0.39, 0.29) is 35.4 Å². The summed E-state index contributed by atoms with van der Waals surface area (Å²) in [7, 11) is 1.53. The van der Waals surface area contributed by atoms with Crippen LogP contribution in [0.3, 0.4) is 0 Å². The van der Waals surface area contributed by atoms with Crippen molar-refractivity contribution < 1.29 is 9.53 Å². The van der Waals surface area contributed by atoms with Gasteiger partial charge in [-0.2, -0.15) is 5.10 Å². The monoisotopic (exact) mass is 445 g/mol. The van der Waals surface area contributed by atoms with E-state index in [9.17, 15) is 14.4 Å². The molecule has 1 atom stereocenters. The van der Waals surface area contributed by atoms with Crippen molar-refractivity contribution in [3.63, 3.8) is 0 Å². The molecule has 4 aromatic rings. The van der Waals surface area contributed by atoms with Crippen LogP contribution in [0.4, 0.5) is 0 Å². The molecule has 1 N–H and O–H groups in total. The maximum Gasteiger partial charge on any atom is 0.275 e. The Labute approximate surface area is 188 Å². The SMILES string of the molecule is Cn1nc(C(=O)N(Cc2nc3ccccc3c(=O)[nH]2)C[C@@H]2CCCO2)c2ccccc2c1=O. The smallest absolute Gasteiger partial charge is 0.275 e. The van der Waals surface area contributed by atoms with E-state index in [1.54, 1.807) is 47.4 Å². The van der Waals surface area contributed by atoms with Gasteiger partial charge in [-0.3, -0.25) is 14.4 Å². The highest BCUT2D eigenvalue weighted by Gasteiger charge is 2.27. The molecule has 0 unspecified atom stereocenters. The van der Waals surface area contributed by atoms with Gasteiger partial charge in [-0.1, -0.05) is 30.3 Å². The summed E-state index contributed by atoms with van der Waals surface area (Å²) in [6, 6.07) is 14.0. The zero-order valence-corrected chi connectivity index (χ0v) is 18.2. The number of ether oxygens (including phenoxy) is 1. The first-order valence-electron chi connectivity index (χ1n) is 10.9. The van der Waals surface area contributed by atoms with Gasteiger partial charge >= 0.3 is 0 Å². The Balaban J connectivity index is 1.57. The molecule has 2 aromatic carbocycles. The average molecular weight is 445 g/mol. The third kappa shape index (κ3) is 4.03. The molecule has 9 nitrogen and oxygen atoms in total. The van der Waals surface area contributed by atoms with Crippen molar-refractivity contribution in [2.24, 2.45) is 7.05 Å². The number of carbonyl (C=O) groups is 1. The number of fused-ring (bicyclic) bond motifs is 2. The van der Waals surface area contributed by atoms with Crippen molar-refractivity contribution in [2.75, 3.05) is 13.2 Å². The summed E-state index contributed by atoms with van der Waals surface area (Å²) in [5.74, 6) is 0.0206. The highest BCUT2D eigenvalue weighted by Crippen LogP contribution is 2.19. The molecule has 9 heteroatoms. The highest BCUT2D eigenvalue weighted by molar-refractivity contribution is 6.04. The van der Waals surface area contributed by atoms with Crippen molar-refractivity contribution >= 4 is 27.6 Å². The zero-order valence-electron chi connectivity index (χ0n) is 18.2. The highest BCUT2D eigenvalue weighted by atomic mass is 16.5. The molecule has 1 aliphatic heterocycles. The predicted octanol–water partition coefficient (Wildman–Crippen LogP) is 1.99. The van der Waals surface area contributed by atoms with Crippen LogP contribution in [0, 0.1) is 0 Å². The maximum atomic E-state index is 13.7. The molecule has 1 amide bonds. The standard InChI is InChI=1S/C24H23N5O4/c1-28-23(31)17-9-3-2-8-16(17)21(27-28)24(32)29(13-15-7-6-12-33-15)14-20-25-19-11-5-4-10-18(19)22(30)26-20/h2-5,8-11,15H,6-7,12-14H2,1H3,(H,25,26,30)/t15-/m0/s1. The minimum Gasteiger partial charge on any atom is -0.376 e. The molecule has 1 fully saturated rings. The van der Waals surface area contributed by atoms with Gasteiger partial charge in [-0.25, -0.2) is 9.67 Å². The van der Waals surface area contributed by atoms with Crippen LogP contribution in [0.25, 0.3) is 21.7 Å². The summed E-state index contributed by atoms with van der Waals surface area (Å²) in [5.41, 5.74) is 0.208. The number of rotatable bonds is 5. The summed E-state index contributed by atoms with van der Waals surface area (Å²) < 4.78 is 6.95. The van der Waals surface area contributed by atoms with Crippen LogP contribution in [-0.2, 0) is 18.3 Å². The minimum atomic E-state index is -0.354. The lowest BCUT2D eigenvalue weighted by Gasteiger charge is -2.25. The van der Waals surface area contributed by atoms with Crippen LogP contribution in [0.15, 0.2) is 58.1 Å². The third-order valence-electron chi connectivity index (χ3n) is 5.90. The fraction of sp³-hybridized carbons (Fsp3) is 0.292. The van der Waals surface area contributed by atoms with Gasteiger partial charge in [0.25, 0.3) is 17.0 Å². The van der Waals surface area contributed by atoms with Gasteiger partial charge in [0.15, 0.2) is 5.69 Å². The maximum absolute atomic E-state index is 13.7. The van der Waals surface area contributed by atoms with Gasteiger partial charge in [0.2, 0.25) is 0 Å². The molecule has 5 rings (SSSR count). The van der Waals surface area contributed by atoms with E-state index in [4.69, 9.17) is 4.74 Å². The fourth-order valence-electron chi connectivity index (χ4n) is 4.25. The van der Waals surface area contributed by atoms with Gasteiger partial charge in [0.1, 0.15) is 5.82 Å². The topological polar surface area (TPSA) is 110 Å². The Kier molecular flexibility index (Phi) is 5.47. The molecule has 33 heavy (non-hydrogen) atoms. The Morgan fingerprint density at radius 3 is 2.61 bits per heavy atom. The molecule has 0 bridgehead atoms. The van der Waals surface area contributed by atoms with Gasteiger partial charge in [0, 0.05) is 25.6 Å². The average Bonchev–Trinajstić information content (AvgIpc) is 3.34. The van der Waals surface area contributed by atoms with Crippen LogP contribution < -0.4 is 11.1 Å². The minimum absolute atomic E-state index is 0.0810. The van der Waals surface area contributed by atoms with Crippen molar-refractivity contribution in [1.29, 1.82) is 0 Å². The fourth-order valence-corrected chi connectivity index (χ4v) is 4.25. The van der Waals surface area contributed by atoms with Gasteiger partial charge in [-0.05, 0) is 31.0 Å². The van der Waals surface area contributed by atoms with Crippen LogP contribution >= 0.6 is 0 Å². The summed E-state index contributed by atoms with van der Waals surface area (Å²) in [6.45, 7) is 1.06. The molecular formula is C24H23N5O4. The molecule has 168 valence electrons. The van der Waals surface area contributed by atoms with E-state index in [0.29, 0.717) is 40.7 Å². The van der Waals surface area contributed by atoms with Gasteiger partial charge in [0.05, 0.1) is 28.9 Å². The molecule has 0 radical (unpaired) electrons. The number of carbonyl (C=O) groups excluding carboxylic acids is 1. The van der Waals surface area contributed by atoms with Gasteiger partial charge < -0.3 is 14.6 Å². The molecule has 2 aromatic heterocycles. The second-order valence-corrected chi connectivity index (χ2v) is 8.17. The van der Waals surface area contributed by atoms with Crippen molar-refractivity contribution in [3.05, 3.63) is 80.8 Å². The number of hydrogen-bond donors (Lipinski definition) is 1. The largest absolute Gasteiger partial charge is 0.376 e. The van der Waals surface area contributed by atoms with Crippen LogP contribution in [0.2, 0.25) is 0 Å². The number of para-hydroxylation sites is 1. The summed E-state index contributed by atoms with van der Waals surface area (Å²) >= 11 is 0. The number of aromatic amines is 1. The molecule has 0 saturated carbocycles. The second kappa shape index (κ2) is 8.59. The lowest BCUT2D eigenvalue weighted by atomic mass is 10.1. The zero-order chi connectivity index (χ0) is 22.9. The third-order valence-corrected chi connectivity index (χ3v) is 5.90. The number of amides is 1. The van der Waals surface area contributed by atoms with E-state index >= 15 is 0 Å². The summed E-state index contributed by atoms with van der Waals surface area (Å²) in [6.07, 6.45) is 1.66. The molecule has 1 aliphatic rings. The first-order valence-corrected chi connectivity index (χ1v) is 10.9. The Morgan fingerprint density at radius 1 is 1.12 bits per heavy atom. The lowest BCUT2D eigenvalue weighted by Crippen LogP contribution is -2.39. The molecule has 0 spiro atoms. The van der Waals surface area contributed by atoms with Crippen molar-refractivity contribution in [3.8, 4) is 0 Å². The molecule has 3 heterocycles. The van der Waals surface area contributed by atoms with E-state index < -0.39 is 0 Å². The molecule has 0 aliphatic carbocycles. The number of nitrogens with one attached hydrogen (secondary N) is 1. The molecule has 1 saturated heterocycles. The van der Waals surface area contributed by atoms with E-state index in [0.717, 1.165) is 12.8 Å². The van der Waals surface area contributed by atoms with Gasteiger partial charge in [-0.15, -0.1) is 0 Å². The Morgan fingerprint density at radius 2 is 1.85 bits per heavy atom. The Hall–Kier alpha value is -3.85. The summed E-state index contributed by atoms with van der Waals surface area (Å²) in [5, 5.41) is 5.69. The Bertz CT molecular complexity index is 1470. The first kappa shape index (κ1) is 21.0. The predicted molar refractivity (Wildman–Crippen MR) is 123 cm³/mol. The first-order chi connectivity index (χ1) is 16.0. The van der Waals surface area contributed by atoms with Crippen molar-refractivity contribution in [2.45, 2.75) is 25.5 Å².